The lowest BCUT2D eigenvalue weighted by molar-refractivity contribution is 0.381. The highest BCUT2D eigenvalue weighted by atomic mass is 79.9. The van der Waals surface area contributed by atoms with Crippen LogP contribution < -0.4 is 10.5 Å². The van der Waals surface area contributed by atoms with E-state index in [1.54, 1.807) is 13.2 Å². The van der Waals surface area contributed by atoms with Crippen molar-refractivity contribution >= 4 is 15.9 Å². The molecule has 4 rings (SSSR count). The first-order chi connectivity index (χ1) is 9.61. The standard InChI is InChI=1S/C16H19BrFNO/c1-20-12-6-11(18)10(17)5-9(12)16(19)15-13-7-2-3-8(4-7)14(13)15/h5-8,13-16H,2-4,19H2,1H3. The van der Waals surface area contributed by atoms with Crippen molar-refractivity contribution in [1.82, 2.24) is 0 Å². The maximum Gasteiger partial charge on any atom is 0.141 e. The minimum atomic E-state index is -0.297. The molecule has 5 unspecified atom stereocenters. The highest BCUT2D eigenvalue weighted by molar-refractivity contribution is 9.10. The zero-order chi connectivity index (χ0) is 14.0. The number of methoxy groups -OCH3 is 1. The SMILES string of the molecule is COc1cc(F)c(Br)cc1C(N)C1C2C3CCC(C3)C21. The summed E-state index contributed by atoms with van der Waals surface area (Å²) in [4.78, 5) is 0. The highest BCUT2D eigenvalue weighted by Gasteiger charge is 2.66. The number of benzene rings is 1. The zero-order valence-electron chi connectivity index (χ0n) is 11.5. The van der Waals surface area contributed by atoms with Crippen LogP contribution in [0.3, 0.4) is 0 Å². The third kappa shape index (κ3) is 1.70. The van der Waals surface area contributed by atoms with Crippen molar-refractivity contribution in [2.24, 2.45) is 35.3 Å². The van der Waals surface area contributed by atoms with Crippen LogP contribution in [0.1, 0.15) is 30.9 Å². The number of fused-ring (bicyclic) bond motifs is 5. The molecular weight excluding hydrogens is 321 g/mol. The first-order valence-corrected chi connectivity index (χ1v) is 8.19. The number of hydrogen-bond donors (Lipinski definition) is 1. The van der Waals surface area contributed by atoms with Gasteiger partial charge in [-0.2, -0.15) is 0 Å². The van der Waals surface area contributed by atoms with E-state index in [-0.39, 0.29) is 11.9 Å². The van der Waals surface area contributed by atoms with Crippen LogP contribution in [0.5, 0.6) is 5.75 Å². The fourth-order valence-corrected chi connectivity index (χ4v) is 5.42. The molecule has 2 nitrogen and oxygen atoms in total. The van der Waals surface area contributed by atoms with Crippen LogP contribution in [0.4, 0.5) is 4.39 Å². The lowest BCUT2D eigenvalue weighted by Gasteiger charge is -2.19. The van der Waals surface area contributed by atoms with E-state index in [0.29, 0.717) is 16.1 Å². The summed E-state index contributed by atoms with van der Waals surface area (Å²) in [5, 5.41) is 0. The van der Waals surface area contributed by atoms with Crippen LogP contribution in [-0.4, -0.2) is 7.11 Å². The number of ether oxygens (including phenoxy) is 1. The molecule has 2 bridgehead atoms. The van der Waals surface area contributed by atoms with Gasteiger partial charge >= 0.3 is 0 Å². The van der Waals surface area contributed by atoms with Crippen LogP contribution in [0.15, 0.2) is 16.6 Å². The number of rotatable bonds is 3. The van der Waals surface area contributed by atoms with Crippen LogP contribution in [-0.2, 0) is 0 Å². The zero-order valence-corrected chi connectivity index (χ0v) is 13.1. The molecule has 2 N–H and O–H groups in total. The van der Waals surface area contributed by atoms with Crippen molar-refractivity contribution in [3.8, 4) is 5.75 Å². The second-order valence-electron chi connectivity index (χ2n) is 6.60. The molecule has 0 aromatic heterocycles. The van der Waals surface area contributed by atoms with Gasteiger partial charge in [0.15, 0.2) is 0 Å². The Balaban J connectivity index is 1.64. The van der Waals surface area contributed by atoms with Gasteiger partial charge in [0.1, 0.15) is 11.6 Å². The third-order valence-electron chi connectivity index (χ3n) is 5.84. The molecule has 108 valence electrons. The van der Waals surface area contributed by atoms with Crippen LogP contribution >= 0.6 is 15.9 Å². The van der Waals surface area contributed by atoms with Crippen molar-refractivity contribution in [2.45, 2.75) is 25.3 Å². The summed E-state index contributed by atoms with van der Waals surface area (Å²) in [7, 11) is 1.58. The lowest BCUT2D eigenvalue weighted by Crippen LogP contribution is -2.18. The van der Waals surface area contributed by atoms with E-state index in [1.807, 2.05) is 0 Å². The predicted octanol–water partition coefficient (Wildman–Crippen LogP) is 3.89. The smallest absolute Gasteiger partial charge is 0.141 e. The molecule has 3 fully saturated rings. The summed E-state index contributed by atoms with van der Waals surface area (Å²) in [6.07, 6.45) is 4.20. The monoisotopic (exact) mass is 339 g/mol. The lowest BCUT2D eigenvalue weighted by atomic mass is 9.93. The second kappa shape index (κ2) is 4.44. The van der Waals surface area contributed by atoms with Crippen LogP contribution in [0, 0.1) is 35.4 Å². The number of nitrogens with two attached hydrogens (primary N) is 1. The van der Waals surface area contributed by atoms with Crippen molar-refractivity contribution in [3.05, 3.63) is 28.0 Å². The minimum Gasteiger partial charge on any atom is -0.496 e. The van der Waals surface area contributed by atoms with E-state index >= 15 is 0 Å². The quantitative estimate of drug-likeness (QED) is 0.906. The van der Waals surface area contributed by atoms with E-state index in [1.165, 1.54) is 25.3 Å². The molecule has 0 saturated heterocycles. The molecule has 3 aliphatic carbocycles. The Morgan fingerprint density at radius 3 is 2.55 bits per heavy atom. The molecule has 4 heteroatoms. The van der Waals surface area contributed by atoms with Gasteiger partial charge in [-0.05, 0) is 70.8 Å². The highest BCUT2D eigenvalue weighted by Crippen LogP contribution is 2.72. The van der Waals surface area contributed by atoms with Crippen molar-refractivity contribution in [3.63, 3.8) is 0 Å². The van der Waals surface area contributed by atoms with Gasteiger partial charge in [0.05, 0.1) is 11.6 Å². The molecule has 3 aliphatic rings. The van der Waals surface area contributed by atoms with E-state index in [4.69, 9.17) is 10.5 Å². The van der Waals surface area contributed by atoms with Gasteiger partial charge in [-0.15, -0.1) is 0 Å². The van der Waals surface area contributed by atoms with Crippen molar-refractivity contribution < 1.29 is 9.13 Å². The average molecular weight is 340 g/mol. The molecule has 0 radical (unpaired) electrons. The predicted molar refractivity (Wildman–Crippen MR) is 78.9 cm³/mol. The molecule has 5 atom stereocenters. The van der Waals surface area contributed by atoms with Gasteiger partial charge in [-0.3, -0.25) is 0 Å². The molecule has 1 aromatic carbocycles. The summed E-state index contributed by atoms with van der Waals surface area (Å²) in [6, 6.07) is 3.21. The molecule has 20 heavy (non-hydrogen) atoms. The fourth-order valence-electron chi connectivity index (χ4n) is 5.06. The Bertz CT molecular complexity index is 548. The fraction of sp³-hybridized carbons (Fsp3) is 0.625. The van der Waals surface area contributed by atoms with Gasteiger partial charge in [-0.1, -0.05) is 0 Å². The Morgan fingerprint density at radius 2 is 1.95 bits per heavy atom. The van der Waals surface area contributed by atoms with Gasteiger partial charge in [-0.25, -0.2) is 4.39 Å². The topological polar surface area (TPSA) is 35.2 Å². The minimum absolute atomic E-state index is 0.0275. The van der Waals surface area contributed by atoms with E-state index in [9.17, 15) is 4.39 Å². The summed E-state index contributed by atoms with van der Waals surface area (Å²) >= 11 is 3.26. The van der Waals surface area contributed by atoms with Crippen molar-refractivity contribution in [2.75, 3.05) is 7.11 Å². The average Bonchev–Trinajstić information content (AvgIpc) is 2.88. The van der Waals surface area contributed by atoms with Crippen molar-refractivity contribution in [1.29, 1.82) is 0 Å². The molecule has 0 spiro atoms. The molecular formula is C16H19BrFNO. The summed E-state index contributed by atoms with van der Waals surface area (Å²) < 4.78 is 19.4. The number of hydrogen-bond acceptors (Lipinski definition) is 2. The van der Waals surface area contributed by atoms with E-state index in [0.717, 1.165) is 29.2 Å². The summed E-state index contributed by atoms with van der Waals surface area (Å²) in [5.41, 5.74) is 7.46. The third-order valence-corrected chi connectivity index (χ3v) is 6.45. The Morgan fingerprint density at radius 1 is 1.30 bits per heavy atom. The molecule has 1 aromatic rings. The maximum atomic E-state index is 13.6. The Kier molecular flexibility index (Phi) is 2.90. The van der Waals surface area contributed by atoms with Gasteiger partial charge in [0.25, 0.3) is 0 Å². The Hall–Kier alpha value is -0.610. The van der Waals surface area contributed by atoms with Crippen LogP contribution in [0.25, 0.3) is 0 Å². The summed E-state index contributed by atoms with van der Waals surface area (Å²) in [6.45, 7) is 0. The van der Waals surface area contributed by atoms with E-state index < -0.39 is 0 Å². The molecule has 0 amide bonds. The molecule has 0 aliphatic heterocycles. The maximum absolute atomic E-state index is 13.6. The first kappa shape index (κ1) is 13.1. The second-order valence-corrected chi connectivity index (χ2v) is 7.45. The van der Waals surface area contributed by atoms with Gasteiger partial charge < -0.3 is 10.5 Å². The first-order valence-electron chi connectivity index (χ1n) is 7.40. The van der Waals surface area contributed by atoms with Gasteiger partial charge in [0.2, 0.25) is 0 Å². The largest absolute Gasteiger partial charge is 0.496 e. The molecule has 0 heterocycles. The normalized spacial score (nSPS) is 38.7. The van der Waals surface area contributed by atoms with Gasteiger partial charge in [0, 0.05) is 17.7 Å². The molecule has 3 saturated carbocycles. The summed E-state index contributed by atoms with van der Waals surface area (Å²) in [5.74, 6) is 4.29. The van der Waals surface area contributed by atoms with Crippen LogP contribution in [0.2, 0.25) is 0 Å². The number of halogens is 2. The van der Waals surface area contributed by atoms with E-state index in [2.05, 4.69) is 15.9 Å². The Labute approximate surface area is 127 Å².